The lowest BCUT2D eigenvalue weighted by Gasteiger charge is -2.33. The topological polar surface area (TPSA) is 60.2 Å². The predicted octanol–water partition coefficient (Wildman–Crippen LogP) is 2.88. The van der Waals surface area contributed by atoms with Crippen molar-refractivity contribution in [3.05, 3.63) is 53.7 Å². The van der Waals surface area contributed by atoms with Crippen molar-refractivity contribution >= 4 is 5.82 Å². The van der Waals surface area contributed by atoms with Gasteiger partial charge in [-0.25, -0.2) is 4.98 Å². The van der Waals surface area contributed by atoms with Gasteiger partial charge in [0.15, 0.2) is 0 Å². The molecule has 1 aromatic carbocycles. The molecule has 3 rings (SSSR count). The number of anilines is 1. The van der Waals surface area contributed by atoms with Crippen molar-refractivity contribution in [1.82, 2.24) is 10.3 Å². The Morgan fingerprint density at radius 1 is 1.33 bits per heavy atom. The number of benzene rings is 1. The van der Waals surface area contributed by atoms with Gasteiger partial charge in [-0.05, 0) is 30.7 Å². The number of nitrogens with zero attached hydrogens (tertiary/aromatic N) is 1. The molecule has 1 aromatic heterocycles. The molecule has 1 aliphatic rings. The third-order valence-electron chi connectivity index (χ3n) is 4.04. The van der Waals surface area contributed by atoms with Crippen molar-refractivity contribution in [3.63, 3.8) is 0 Å². The normalized spacial score (nSPS) is 18.6. The van der Waals surface area contributed by atoms with Crippen LogP contribution < -0.4 is 15.8 Å². The van der Waals surface area contributed by atoms with E-state index >= 15 is 0 Å². The van der Waals surface area contributed by atoms with Gasteiger partial charge in [0.05, 0.1) is 6.61 Å². The first kappa shape index (κ1) is 13.9. The van der Waals surface area contributed by atoms with E-state index in [0.717, 1.165) is 30.9 Å². The largest absolute Gasteiger partial charge is 0.493 e. The predicted molar refractivity (Wildman–Crippen MR) is 84.4 cm³/mol. The van der Waals surface area contributed by atoms with Crippen molar-refractivity contribution in [1.29, 1.82) is 0 Å². The highest BCUT2D eigenvalue weighted by Crippen LogP contribution is 2.42. The van der Waals surface area contributed by atoms with Gasteiger partial charge in [-0.15, -0.1) is 0 Å². The maximum absolute atomic E-state index is 6.10. The van der Waals surface area contributed by atoms with Crippen LogP contribution in [-0.2, 0) is 0 Å². The molecule has 0 fully saturated rings. The van der Waals surface area contributed by atoms with E-state index in [1.807, 2.05) is 18.2 Å². The summed E-state index contributed by atoms with van der Waals surface area (Å²) in [5, 5.41) is 3.57. The van der Waals surface area contributed by atoms with Gasteiger partial charge in [-0.3, -0.25) is 0 Å². The minimum Gasteiger partial charge on any atom is -0.493 e. The van der Waals surface area contributed by atoms with Gasteiger partial charge in [0.2, 0.25) is 0 Å². The van der Waals surface area contributed by atoms with E-state index in [4.69, 9.17) is 10.5 Å². The molecule has 0 saturated heterocycles. The van der Waals surface area contributed by atoms with E-state index in [1.165, 1.54) is 5.56 Å². The SMILES string of the molecule is CCNC(c1cccnc1N)C1CCOc2ccccc21. The maximum Gasteiger partial charge on any atom is 0.128 e. The van der Waals surface area contributed by atoms with Crippen molar-refractivity contribution in [2.24, 2.45) is 0 Å². The summed E-state index contributed by atoms with van der Waals surface area (Å²) in [4.78, 5) is 4.24. The average Bonchev–Trinajstić information content (AvgIpc) is 2.53. The Morgan fingerprint density at radius 2 is 2.19 bits per heavy atom. The minimum atomic E-state index is 0.161. The highest BCUT2D eigenvalue weighted by Gasteiger charge is 2.30. The number of likely N-dealkylation sites (N-methyl/N-ethyl adjacent to an activating group) is 1. The van der Waals surface area contributed by atoms with Crippen LogP contribution in [0.25, 0.3) is 0 Å². The fourth-order valence-corrected chi connectivity index (χ4v) is 3.10. The highest BCUT2D eigenvalue weighted by atomic mass is 16.5. The fourth-order valence-electron chi connectivity index (χ4n) is 3.10. The standard InChI is InChI=1S/C17H21N3O/c1-2-19-16(14-7-5-10-20-17(14)18)13-9-11-21-15-8-4-3-6-12(13)15/h3-8,10,13,16,19H,2,9,11H2,1H3,(H2,18,20). The second-order valence-electron chi connectivity index (χ2n) is 5.29. The lowest BCUT2D eigenvalue weighted by molar-refractivity contribution is 0.246. The molecule has 1 aliphatic heterocycles. The monoisotopic (exact) mass is 283 g/mol. The van der Waals surface area contributed by atoms with E-state index in [-0.39, 0.29) is 6.04 Å². The Kier molecular flexibility index (Phi) is 4.06. The van der Waals surface area contributed by atoms with Gasteiger partial charge in [0.25, 0.3) is 0 Å². The number of nitrogens with one attached hydrogen (secondary N) is 1. The van der Waals surface area contributed by atoms with Crippen LogP contribution in [0.5, 0.6) is 5.75 Å². The van der Waals surface area contributed by atoms with Gasteiger partial charge < -0.3 is 15.8 Å². The Morgan fingerprint density at radius 3 is 3.00 bits per heavy atom. The molecule has 0 radical (unpaired) electrons. The molecule has 2 atom stereocenters. The number of aromatic nitrogens is 1. The number of para-hydroxylation sites is 1. The number of nitrogen functional groups attached to an aromatic ring is 1. The van der Waals surface area contributed by atoms with Gasteiger partial charge in [0, 0.05) is 23.7 Å². The summed E-state index contributed by atoms with van der Waals surface area (Å²) in [5.74, 6) is 1.94. The Balaban J connectivity index is 2.01. The fraction of sp³-hybridized carbons (Fsp3) is 0.353. The third-order valence-corrected chi connectivity index (χ3v) is 4.04. The first-order valence-corrected chi connectivity index (χ1v) is 7.46. The summed E-state index contributed by atoms with van der Waals surface area (Å²) in [6.45, 7) is 3.74. The zero-order valence-corrected chi connectivity index (χ0v) is 12.3. The summed E-state index contributed by atoms with van der Waals surface area (Å²) in [7, 11) is 0. The second-order valence-corrected chi connectivity index (χ2v) is 5.29. The molecule has 0 spiro atoms. The van der Waals surface area contributed by atoms with Crippen LogP contribution in [0.15, 0.2) is 42.6 Å². The second kappa shape index (κ2) is 6.14. The zero-order valence-electron chi connectivity index (χ0n) is 12.3. The summed E-state index contributed by atoms with van der Waals surface area (Å²) in [5.41, 5.74) is 8.41. The van der Waals surface area contributed by atoms with Crippen LogP contribution in [0.2, 0.25) is 0 Å². The third kappa shape index (κ3) is 2.72. The summed E-state index contributed by atoms with van der Waals surface area (Å²) < 4.78 is 5.77. The number of ether oxygens (including phenoxy) is 1. The number of rotatable bonds is 4. The van der Waals surface area contributed by atoms with Gasteiger partial charge in [-0.1, -0.05) is 31.2 Å². The smallest absolute Gasteiger partial charge is 0.128 e. The van der Waals surface area contributed by atoms with Gasteiger partial charge >= 0.3 is 0 Å². The lowest BCUT2D eigenvalue weighted by Crippen LogP contribution is -2.31. The van der Waals surface area contributed by atoms with E-state index in [2.05, 4.69) is 35.4 Å². The number of pyridine rings is 1. The molecule has 110 valence electrons. The van der Waals surface area contributed by atoms with Gasteiger partial charge in [0.1, 0.15) is 11.6 Å². The number of hydrogen-bond acceptors (Lipinski definition) is 4. The molecule has 21 heavy (non-hydrogen) atoms. The van der Waals surface area contributed by atoms with Crippen molar-refractivity contribution in [2.75, 3.05) is 18.9 Å². The molecule has 2 heterocycles. The highest BCUT2D eigenvalue weighted by molar-refractivity contribution is 5.46. The molecule has 0 amide bonds. The van der Waals surface area contributed by atoms with E-state index in [1.54, 1.807) is 6.20 Å². The van der Waals surface area contributed by atoms with Crippen LogP contribution in [0.3, 0.4) is 0 Å². The molecule has 0 bridgehead atoms. The van der Waals surface area contributed by atoms with E-state index in [0.29, 0.717) is 11.7 Å². The summed E-state index contributed by atoms with van der Waals surface area (Å²) in [6.07, 6.45) is 2.71. The molecular weight excluding hydrogens is 262 g/mol. The van der Waals surface area contributed by atoms with Crippen molar-refractivity contribution < 1.29 is 4.74 Å². The minimum absolute atomic E-state index is 0.161. The van der Waals surface area contributed by atoms with Gasteiger partial charge in [-0.2, -0.15) is 0 Å². The van der Waals surface area contributed by atoms with Crippen molar-refractivity contribution in [3.8, 4) is 5.75 Å². The molecule has 2 aromatic rings. The Bertz CT molecular complexity index is 614. The first-order chi connectivity index (χ1) is 10.3. The van der Waals surface area contributed by atoms with Crippen LogP contribution in [-0.4, -0.2) is 18.1 Å². The number of fused-ring (bicyclic) bond motifs is 1. The Labute approximate surface area is 125 Å². The molecule has 4 heteroatoms. The van der Waals surface area contributed by atoms with Crippen LogP contribution in [0, 0.1) is 0 Å². The molecular formula is C17H21N3O. The van der Waals surface area contributed by atoms with E-state index < -0.39 is 0 Å². The summed E-state index contributed by atoms with van der Waals surface area (Å²) in [6, 6.07) is 12.4. The molecule has 0 aliphatic carbocycles. The van der Waals surface area contributed by atoms with E-state index in [9.17, 15) is 0 Å². The first-order valence-electron chi connectivity index (χ1n) is 7.46. The van der Waals surface area contributed by atoms with Crippen molar-refractivity contribution in [2.45, 2.75) is 25.3 Å². The molecule has 3 N–H and O–H groups in total. The van der Waals surface area contributed by atoms with Crippen LogP contribution in [0.1, 0.15) is 36.4 Å². The Hall–Kier alpha value is -2.07. The number of hydrogen-bond donors (Lipinski definition) is 2. The average molecular weight is 283 g/mol. The molecule has 0 saturated carbocycles. The quantitative estimate of drug-likeness (QED) is 0.906. The number of nitrogens with two attached hydrogens (primary N) is 1. The zero-order chi connectivity index (χ0) is 14.7. The summed E-state index contributed by atoms with van der Waals surface area (Å²) >= 11 is 0. The molecule has 2 unspecified atom stereocenters. The maximum atomic E-state index is 6.10. The molecule has 4 nitrogen and oxygen atoms in total. The van der Waals surface area contributed by atoms with Crippen LogP contribution in [0.4, 0.5) is 5.82 Å². The lowest BCUT2D eigenvalue weighted by atomic mass is 9.83. The van der Waals surface area contributed by atoms with Crippen LogP contribution >= 0.6 is 0 Å².